The van der Waals surface area contributed by atoms with Crippen LogP contribution in [0.2, 0.25) is 0 Å². The number of allylic oxidation sites excluding steroid dienone is 5. The molecular weight excluding hydrogens is 465 g/mol. The number of carbonyl (C=O) groups is 2. The molecule has 0 aromatic heterocycles. The second-order valence-corrected chi connectivity index (χ2v) is 10.7. The number of amides is 1. The summed E-state index contributed by atoms with van der Waals surface area (Å²) >= 11 is 0. The Morgan fingerprint density at radius 2 is 1.71 bits per heavy atom. The van der Waals surface area contributed by atoms with Crippen molar-refractivity contribution in [2.45, 2.75) is 72.3 Å². The summed E-state index contributed by atoms with van der Waals surface area (Å²) in [5, 5.41) is 1.82. The normalized spacial score (nSPS) is 14.1. The Morgan fingerprint density at radius 3 is 2.29 bits per heavy atom. The Hall–Kier alpha value is -2.47. The third-order valence-corrected chi connectivity index (χ3v) is 6.59. The molecule has 35 heavy (non-hydrogen) atoms. The Bertz CT molecular complexity index is 957. The van der Waals surface area contributed by atoms with Crippen LogP contribution in [0.25, 0.3) is 0 Å². The monoisotopic (exact) mass is 505 g/mol. The molecule has 8 heteroatoms. The third kappa shape index (κ3) is 12.7. The molecule has 0 fully saturated rings. The first kappa shape index (κ1) is 30.6. The molecule has 194 valence electrons. The zero-order chi connectivity index (χ0) is 26.4. The van der Waals surface area contributed by atoms with Crippen molar-refractivity contribution >= 4 is 19.5 Å². The summed E-state index contributed by atoms with van der Waals surface area (Å²) in [5.74, 6) is -1.54. The summed E-state index contributed by atoms with van der Waals surface area (Å²) in [6.07, 6.45) is 9.88. The number of esters is 1. The molecule has 0 heterocycles. The minimum atomic E-state index is -4.85. The van der Waals surface area contributed by atoms with Crippen molar-refractivity contribution in [3.8, 4) is 0 Å². The minimum absolute atomic E-state index is 0.118. The molecular formula is C27H40NO6P. The van der Waals surface area contributed by atoms with Crippen LogP contribution < -0.4 is 5.32 Å². The molecule has 1 aromatic carbocycles. The molecule has 0 aliphatic rings. The number of nitrogens with one attached hydrogen (secondary N) is 1. The maximum absolute atomic E-state index is 12.8. The number of hydrogen-bond acceptors (Lipinski definition) is 4. The molecule has 3 N–H and O–H groups in total. The SMILES string of the molecule is COC(=O)[C@H](Cc1ccccc1)NC(=O)/C(=C/CC(C)CC/C=C(\C)CCC=C(C)C)P(=O)(O)O. The second-order valence-electron chi connectivity index (χ2n) is 9.16. The number of rotatable bonds is 14. The first-order valence-electron chi connectivity index (χ1n) is 11.9. The molecule has 0 bridgehead atoms. The molecule has 0 aliphatic carbocycles. The summed E-state index contributed by atoms with van der Waals surface area (Å²) in [6, 6.07) is 7.94. The third-order valence-electron chi connectivity index (χ3n) is 5.58. The van der Waals surface area contributed by atoms with Crippen molar-refractivity contribution < 1.29 is 28.7 Å². The zero-order valence-electron chi connectivity index (χ0n) is 21.5. The average Bonchev–Trinajstić information content (AvgIpc) is 2.77. The van der Waals surface area contributed by atoms with E-state index < -0.39 is 30.8 Å². The predicted octanol–water partition coefficient (Wildman–Crippen LogP) is 5.45. The summed E-state index contributed by atoms with van der Waals surface area (Å²) < 4.78 is 16.8. The summed E-state index contributed by atoms with van der Waals surface area (Å²) in [6.45, 7) is 8.25. The number of methoxy groups -OCH3 is 1. The fourth-order valence-electron chi connectivity index (χ4n) is 3.50. The van der Waals surface area contributed by atoms with E-state index >= 15 is 0 Å². The predicted molar refractivity (Wildman–Crippen MR) is 140 cm³/mol. The summed E-state index contributed by atoms with van der Waals surface area (Å²) in [7, 11) is -3.65. The van der Waals surface area contributed by atoms with Crippen LogP contribution in [-0.4, -0.2) is 34.8 Å². The van der Waals surface area contributed by atoms with E-state index in [2.05, 4.69) is 38.2 Å². The zero-order valence-corrected chi connectivity index (χ0v) is 22.4. The molecule has 7 nitrogen and oxygen atoms in total. The summed E-state index contributed by atoms with van der Waals surface area (Å²) in [5.41, 5.74) is 3.40. The maximum atomic E-state index is 12.8. The van der Waals surface area contributed by atoms with Crippen LogP contribution in [0.4, 0.5) is 0 Å². The van der Waals surface area contributed by atoms with Crippen LogP contribution in [0.1, 0.15) is 65.4 Å². The van der Waals surface area contributed by atoms with Gasteiger partial charge < -0.3 is 19.8 Å². The number of hydrogen-bond donors (Lipinski definition) is 3. The minimum Gasteiger partial charge on any atom is -0.467 e. The maximum Gasteiger partial charge on any atom is 0.361 e. The van der Waals surface area contributed by atoms with Gasteiger partial charge in [-0.1, -0.05) is 66.6 Å². The van der Waals surface area contributed by atoms with Gasteiger partial charge >= 0.3 is 13.6 Å². The molecule has 1 aromatic rings. The van der Waals surface area contributed by atoms with Gasteiger partial charge in [0.1, 0.15) is 11.4 Å². The fraction of sp³-hybridized carbons (Fsp3) is 0.481. The fourth-order valence-corrected chi connectivity index (χ4v) is 4.17. The highest BCUT2D eigenvalue weighted by atomic mass is 31.2. The van der Waals surface area contributed by atoms with Gasteiger partial charge in [0, 0.05) is 6.42 Å². The van der Waals surface area contributed by atoms with E-state index in [1.807, 2.05) is 13.0 Å². The van der Waals surface area contributed by atoms with Crippen LogP contribution in [0.3, 0.4) is 0 Å². The molecule has 0 saturated carbocycles. The lowest BCUT2D eigenvalue weighted by molar-refractivity contribution is -0.144. The van der Waals surface area contributed by atoms with E-state index in [1.54, 1.807) is 24.3 Å². The smallest absolute Gasteiger partial charge is 0.361 e. The standard InChI is InChI=1S/C27H40NO6P/c1-20(2)11-9-12-21(3)13-10-14-22(4)17-18-25(35(31,32)33)26(29)28-24(27(30)34-5)19-23-15-7-6-8-16-23/h6-8,11,13,15-16,18,22,24H,9-10,12,14,17,19H2,1-5H3,(H,28,29)(H2,31,32,33)/b21-13+,25-18-/t22?,24-/m0/s1. The molecule has 1 unspecified atom stereocenters. The molecule has 0 aliphatic heterocycles. The number of benzene rings is 1. The van der Waals surface area contributed by atoms with Gasteiger partial charge in [0.15, 0.2) is 0 Å². The van der Waals surface area contributed by atoms with Gasteiger partial charge in [-0.15, -0.1) is 0 Å². The highest BCUT2D eigenvalue weighted by Crippen LogP contribution is 2.45. The van der Waals surface area contributed by atoms with Gasteiger partial charge in [0.2, 0.25) is 0 Å². The van der Waals surface area contributed by atoms with Gasteiger partial charge in [-0.05, 0) is 64.4 Å². The Balaban J connectivity index is 2.80. The average molecular weight is 506 g/mol. The van der Waals surface area contributed by atoms with Crippen LogP contribution >= 0.6 is 7.60 Å². The Morgan fingerprint density at radius 1 is 1.06 bits per heavy atom. The first-order chi connectivity index (χ1) is 16.4. The highest BCUT2D eigenvalue weighted by molar-refractivity contribution is 7.58. The van der Waals surface area contributed by atoms with E-state index in [0.717, 1.165) is 31.2 Å². The van der Waals surface area contributed by atoms with Crippen molar-refractivity contribution in [3.63, 3.8) is 0 Å². The van der Waals surface area contributed by atoms with Crippen LogP contribution in [0.5, 0.6) is 0 Å². The van der Waals surface area contributed by atoms with Gasteiger partial charge in [-0.25, -0.2) is 4.79 Å². The van der Waals surface area contributed by atoms with Gasteiger partial charge in [0.05, 0.1) is 7.11 Å². The molecule has 1 amide bonds. The van der Waals surface area contributed by atoms with Crippen LogP contribution in [0, 0.1) is 5.92 Å². The molecule has 0 radical (unpaired) electrons. The number of carbonyl (C=O) groups excluding carboxylic acids is 2. The largest absolute Gasteiger partial charge is 0.467 e. The van der Waals surface area contributed by atoms with E-state index in [1.165, 1.54) is 24.3 Å². The van der Waals surface area contributed by atoms with E-state index in [-0.39, 0.29) is 12.3 Å². The van der Waals surface area contributed by atoms with E-state index in [9.17, 15) is 23.9 Å². The van der Waals surface area contributed by atoms with Crippen molar-refractivity contribution in [1.82, 2.24) is 5.32 Å². The van der Waals surface area contributed by atoms with E-state index in [4.69, 9.17) is 4.74 Å². The lowest BCUT2D eigenvalue weighted by Gasteiger charge is -2.18. The number of ether oxygens (including phenoxy) is 1. The van der Waals surface area contributed by atoms with Crippen molar-refractivity contribution in [2.24, 2.45) is 5.92 Å². The molecule has 1 rings (SSSR count). The van der Waals surface area contributed by atoms with Crippen molar-refractivity contribution in [2.75, 3.05) is 7.11 Å². The quantitative estimate of drug-likeness (QED) is 0.134. The molecule has 0 spiro atoms. The molecule has 2 atom stereocenters. The lowest BCUT2D eigenvalue weighted by Crippen LogP contribution is -2.43. The lowest BCUT2D eigenvalue weighted by atomic mass is 9.99. The van der Waals surface area contributed by atoms with Crippen LogP contribution in [0.15, 0.2) is 65.0 Å². The Kier molecular flexibility index (Phi) is 13.5. The van der Waals surface area contributed by atoms with Crippen molar-refractivity contribution in [3.05, 3.63) is 70.6 Å². The van der Waals surface area contributed by atoms with E-state index in [0.29, 0.717) is 6.42 Å². The van der Waals surface area contributed by atoms with Gasteiger partial charge in [-0.3, -0.25) is 9.36 Å². The topological polar surface area (TPSA) is 113 Å². The van der Waals surface area contributed by atoms with Crippen molar-refractivity contribution in [1.29, 1.82) is 0 Å². The van der Waals surface area contributed by atoms with Gasteiger partial charge in [0.25, 0.3) is 5.91 Å². The summed E-state index contributed by atoms with van der Waals surface area (Å²) in [4.78, 5) is 44.5. The second kappa shape index (κ2) is 15.5. The Labute approximate surface area is 209 Å². The first-order valence-corrected chi connectivity index (χ1v) is 13.5. The highest BCUT2D eigenvalue weighted by Gasteiger charge is 2.31. The van der Waals surface area contributed by atoms with Gasteiger partial charge in [-0.2, -0.15) is 0 Å². The van der Waals surface area contributed by atoms with Crippen LogP contribution in [-0.2, 0) is 25.3 Å². The molecule has 0 saturated heterocycles.